The molecule has 4 rings (SSSR count). The molecule has 0 N–H and O–H groups in total. The fourth-order valence-corrected chi connectivity index (χ4v) is 4.76. The third-order valence-corrected chi connectivity index (χ3v) is 6.52. The van der Waals surface area contributed by atoms with Gasteiger partial charge in [-0.05, 0) is 49.4 Å². The molecule has 1 aliphatic carbocycles. The SMILES string of the molecule is COC(=O)CC1CC2(C1)C(=O)N(c1ccc(C#N)cc1F)CC(=O)N2Cc1ccc(C)cc1. The molecular weight excluding hydrogens is 425 g/mol. The van der Waals surface area contributed by atoms with Crippen LogP contribution in [0.5, 0.6) is 0 Å². The molecule has 2 aromatic carbocycles. The van der Waals surface area contributed by atoms with Crippen LogP contribution in [0, 0.1) is 30.0 Å². The largest absolute Gasteiger partial charge is 0.469 e. The topological polar surface area (TPSA) is 90.7 Å². The van der Waals surface area contributed by atoms with Crippen LogP contribution in [-0.4, -0.2) is 41.9 Å². The lowest BCUT2D eigenvalue weighted by molar-refractivity contribution is -0.164. The summed E-state index contributed by atoms with van der Waals surface area (Å²) in [4.78, 5) is 41.5. The lowest BCUT2D eigenvalue weighted by Gasteiger charge is -2.57. The predicted octanol–water partition coefficient (Wildman–Crippen LogP) is 3.09. The molecule has 33 heavy (non-hydrogen) atoms. The van der Waals surface area contributed by atoms with Gasteiger partial charge < -0.3 is 9.64 Å². The Labute approximate surface area is 191 Å². The first-order valence-corrected chi connectivity index (χ1v) is 10.7. The van der Waals surface area contributed by atoms with E-state index in [1.807, 2.05) is 37.3 Å². The number of ether oxygens (including phenoxy) is 1. The van der Waals surface area contributed by atoms with Crippen LogP contribution in [0.2, 0.25) is 0 Å². The van der Waals surface area contributed by atoms with Crippen LogP contribution in [0.1, 0.15) is 36.0 Å². The summed E-state index contributed by atoms with van der Waals surface area (Å²) in [5.41, 5.74) is 0.913. The maximum absolute atomic E-state index is 14.7. The zero-order valence-corrected chi connectivity index (χ0v) is 18.5. The average Bonchev–Trinajstić information content (AvgIpc) is 2.78. The summed E-state index contributed by atoms with van der Waals surface area (Å²) >= 11 is 0. The van der Waals surface area contributed by atoms with Crippen LogP contribution >= 0.6 is 0 Å². The first-order chi connectivity index (χ1) is 15.8. The number of nitrogens with zero attached hydrogens (tertiary/aromatic N) is 3. The summed E-state index contributed by atoms with van der Waals surface area (Å²) in [6.07, 6.45) is 0.753. The fraction of sp³-hybridized carbons (Fsp3) is 0.360. The van der Waals surface area contributed by atoms with Gasteiger partial charge in [0.2, 0.25) is 5.91 Å². The van der Waals surface area contributed by atoms with Crippen LogP contribution in [0.15, 0.2) is 42.5 Å². The molecule has 2 amide bonds. The highest BCUT2D eigenvalue weighted by Gasteiger charge is 2.60. The van der Waals surface area contributed by atoms with Crippen LogP contribution in [0.3, 0.4) is 0 Å². The standard InChI is InChI=1S/C25H24FN3O4/c1-16-3-5-17(6-4-16)14-29-22(30)15-28(21-8-7-18(13-27)9-20(21)26)24(32)25(29)11-19(12-25)10-23(31)33-2/h3-9,19H,10-12,14-15H2,1-2H3. The number of benzene rings is 2. The van der Waals surface area contributed by atoms with Gasteiger partial charge in [-0.25, -0.2) is 4.39 Å². The van der Waals surface area contributed by atoms with Gasteiger partial charge in [-0.2, -0.15) is 5.26 Å². The van der Waals surface area contributed by atoms with Crippen molar-refractivity contribution in [2.24, 2.45) is 5.92 Å². The molecule has 0 aromatic heterocycles. The summed E-state index contributed by atoms with van der Waals surface area (Å²) in [5.74, 6) is -1.89. The minimum Gasteiger partial charge on any atom is -0.469 e. The van der Waals surface area contributed by atoms with E-state index in [0.717, 1.165) is 17.2 Å². The normalized spacial score (nSPS) is 22.2. The highest BCUT2D eigenvalue weighted by Crippen LogP contribution is 2.48. The lowest BCUT2D eigenvalue weighted by Crippen LogP contribution is -2.72. The van der Waals surface area contributed by atoms with Crippen molar-refractivity contribution in [1.82, 2.24) is 4.90 Å². The first-order valence-electron chi connectivity index (χ1n) is 10.7. The van der Waals surface area contributed by atoms with Gasteiger partial charge >= 0.3 is 5.97 Å². The highest BCUT2D eigenvalue weighted by atomic mass is 19.1. The molecule has 7 nitrogen and oxygen atoms in total. The number of methoxy groups -OCH3 is 1. The zero-order chi connectivity index (χ0) is 23.8. The van der Waals surface area contributed by atoms with Crippen molar-refractivity contribution in [2.75, 3.05) is 18.6 Å². The lowest BCUT2D eigenvalue weighted by atomic mass is 9.64. The molecule has 170 valence electrons. The number of carbonyl (C=O) groups excluding carboxylic acids is 3. The Morgan fingerprint density at radius 3 is 2.52 bits per heavy atom. The number of carbonyl (C=O) groups is 3. The Morgan fingerprint density at radius 1 is 1.21 bits per heavy atom. The summed E-state index contributed by atoms with van der Waals surface area (Å²) in [6, 6.07) is 13.4. The summed E-state index contributed by atoms with van der Waals surface area (Å²) in [6.45, 7) is 1.92. The molecular formula is C25H24FN3O4. The Morgan fingerprint density at radius 2 is 1.91 bits per heavy atom. The molecule has 0 atom stereocenters. The summed E-state index contributed by atoms with van der Waals surface area (Å²) in [7, 11) is 1.31. The van der Waals surface area contributed by atoms with E-state index in [1.54, 1.807) is 4.90 Å². The molecule has 0 radical (unpaired) electrons. The molecule has 1 aliphatic heterocycles. The number of halogens is 1. The zero-order valence-electron chi connectivity index (χ0n) is 18.5. The molecule has 2 aromatic rings. The van der Waals surface area contributed by atoms with E-state index in [0.29, 0.717) is 12.8 Å². The number of hydrogen-bond donors (Lipinski definition) is 0. The van der Waals surface area contributed by atoms with Gasteiger partial charge in [0.15, 0.2) is 0 Å². The number of piperazine rings is 1. The Hall–Kier alpha value is -3.73. The Kier molecular flexibility index (Phi) is 5.90. The Balaban J connectivity index is 1.67. The second-order valence-electron chi connectivity index (χ2n) is 8.72. The number of anilines is 1. The van der Waals surface area contributed by atoms with Crippen molar-refractivity contribution in [2.45, 2.75) is 38.3 Å². The van der Waals surface area contributed by atoms with Gasteiger partial charge in [0.1, 0.15) is 17.9 Å². The third kappa shape index (κ3) is 4.07. The van der Waals surface area contributed by atoms with Gasteiger partial charge in [-0.3, -0.25) is 19.3 Å². The van der Waals surface area contributed by atoms with Crippen molar-refractivity contribution < 1.29 is 23.5 Å². The van der Waals surface area contributed by atoms with E-state index in [2.05, 4.69) is 0 Å². The Bertz CT molecular complexity index is 1150. The van der Waals surface area contributed by atoms with Crippen molar-refractivity contribution in [3.63, 3.8) is 0 Å². The van der Waals surface area contributed by atoms with Gasteiger partial charge in [0, 0.05) is 13.0 Å². The number of amides is 2. The maximum Gasteiger partial charge on any atom is 0.305 e. The maximum atomic E-state index is 14.7. The summed E-state index contributed by atoms with van der Waals surface area (Å²) < 4.78 is 19.5. The van der Waals surface area contributed by atoms with E-state index in [4.69, 9.17) is 10.00 Å². The summed E-state index contributed by atoms with van der Waals surface area (Å²) in [5, 5.41) is 9.01. The molecule has 0 bridgehead atoms. The van der Waals surface area contributed by atoms with Crippen LogP contribution in [-0.2, 0) is 25.7 Å². The number of esters is 1. The van der Waals surface area contributed by atoms with Gasteiger partial charge in [-0.15, -0.1) is 0 Å². The molecule has 0 unspecified atom stereocenters. The van der Waals surface area contributed by atoms with Crippen molar-refractivity contribution in [3.05, 3.63) is 65.0 Å². The number of rotatable bonds is 5. The fourth-order valence-electron chi connectivity index (χ4n) is 4.76. The minimum atomic E-state index is -1.15. The molecule has 1 saturated heterocycles. The predicted molar refractivity (Wildman–Crippen MR) is 117 cm³/mol. The van der Waals surface area contributed by atoms with Crippen LogP contribution in [0.25, 0.3) is 0 Å². The average molecular weight is 449 g/mol. The highest BCUT2D eigenvalue weighted by molar-refractivity contribution is 6.09. The van der Waals surface area contributed by atoms with Crippen molar-refractivity contribution >= 4 is 23.5 Å². The van der Waals surface area contributed by atoms with Gasteiger partial charge in [0.25, 0.3) is 5.91 Å². The second kappa shape index (κ2) is 8.66. The van der Waals surface area contributed by atoms with E-state index in [-0.39, 0.29) is 54.5 Å². The number of aryl methyl sites for hydroxylation is 1. The molecule has 2 aliphatic rings. The number of hydrogen-bond acceptors (Lipinski definition) is 5. The van der Waals surface area contributed by atoms with Crippen molar-refractivity contribution in [1.29, 1.82) is 5.26 Å². The molecule has 2 fully saturated rings. The van der Waals surface area contributed by atoms with Gasteiger partial charge in [-0.1, -0.05) is 29.8 Å². The third-order valence-electron chi connectivity index (χ3n) is 6.52. The van der Waals surface area contributed by atoms with Crippen LogP contribution < -0.4 is 4.90 Å². The van der Waals surface area contributed by atoms with Gasteiger partial charge in [0.05, 0.1) is 24.4 Å². The molecule has 8 heteroatoms. The molecule has 1 spiro atoms. The van der Waals surface area contributed by atoms with E-state index >= 15 is 0 Å². The smallest absolute Gasteiger partial charge is 0.305 e. The number of nitriles is 1. The van der Waals surface area contributed by atoms with E-state index in [9.17, 15) is 18.8 Å². The van der Waals surface area contributed by atoms with E-state index in [1.165, 1.54) is 24.1 Å². The van der Waals surface area contributed by atoms with E-state index < -0.39 is 11.4 Å². The quantitative estimate of drug-likeness (QED) is 0.655. The monoisotopic (exact) mass is 449 g/mol. The first kappa shape index (κ1) is 22.5. The molecule has 1 heterocycles. The minimum absolute atomic E-state index is 0.0295. The second-order valence-corrected chi connectivity index (χ2v) is 8.72. The van der Waals surface area contributed by atoms with Crippen LogP contribution in [0.4, 0.5) is 10.1 Å². The van der Waals surface area contributed by atoms with Crippen molar-refractivity contribution in [3.8, 4) is 6.07 Å². The molecule has 1 saturated carbocycles.